The highest BCUT2D eigenvalue weighted by Crippen LogP contribution is 2.38. The van der Waals surface area contributed by atoms with Crippen LogP contribution >= 0.6 is 22.9 Å². The van der Waals surface area contributed by atoms with Crippen molar-refractivity contribution >= 4 is 39.8 Å². The van der Waals surface area contributed by atoms with Crippen LogP contribution in [0.2, 0.25) is 4.34 Å². The Labute approximate surface area is 161 Å². The van der Waals surface area contributed by atoms with Gasteiger partial charge in [0.2, 0.25) is 0 Å². The van der Waals surface area contributed by atoms with Crippen molar-refractivity contribution in [2.24, 2.45) is 0 Å². The van der Waals surface area contributed by atoms with Crippen molar-refractivity contribution in [2.45, 2.75) is 12.5 Å². The summed E-state index contributed by atoms with van der Waals surface area (Å²) in [6.07, 6.45) is 3.68. The Kier molecular flexibility index (Phi) is 3.76. The molecule has 1 amide bonds. The van der Waals surface area contributed by atoms with E-state index in [1.807, 2.05) is 0 Å². The molecule has 0 saturated carbocycles. The van der Waals surface area contributed by atoms with Crippen LogP contribution in [0.15, 0.2) is 41.2 Å². The second kappa shape index (κ2) is 6.17. The minimum atomic E-state index is -0.568. The van der Waals surface area contributed by atoms with Crippen LogP contribution in [0, 0.1) is 5.82 Å². The van der Waals surface area contributed by atoms with Crippen molar-refractivity contribution in [3.05, 3.63) is 69.1 Å². The number of amides is 1. The summed E-state index contributed by atoms with van der Waals surface area (Å²) in [5, 5.41) is 0.934. The van der Waals surface area contributed by atoms with E-state index < -0.39 is 11.9 Å². The van der Waals surface area contributed by atoms with Crippen LogP contribution < -0.4 is 0 Å². The Morgan fingerprint density at radius 2 is 2.30 bits per heavy atom. The SMILES string of the molecule is O=C(c1ncc(Cl)s1)N1CCc2[nH]cnc2[C@@H]1c1cc2cccc(F)c2o1. The minimum Gasteiger partial charge on any atom is -0.455 e. The zero-order chi connectivity index (χ0) is 18.5. The molecular formula is C18H12ClFN4O2S. The number of imidazole rings is 1. The predicted octanol–water partition coefficient (Wildman–Crippen LogP) is 4.19. The zero-order valence-corrected chi connectivity index (χ0v) is 15.4. The fourth-order valence-electron chi connectivity index (χ4n) is 3.44. The van der Waals surface area contributed by atoms with Gasteiger partial charge in [0.1, 0.15) is 16.1 Å². The number of carbonyl (C=O) groups is 1. The standard InChI is InChI=1S/C18H12ClFN4O2S/c19-13-7-21-17(27-13)18(25)24-5-4-11-14(23-8-22-11)15(24)12-6-9-2-1-3-10(20)16(9)26-12/h1-3,6-8,15H,4-5H2,(H,22,23)/t15-/m0/s1. The molecular weight excluding hydrogens is 391 g/mol. The van der Waals surface area contributed by atoms with Gasteiger partial charge in [-0.1, -0.05) is 35.1 Å². The summed E-state index contributed by atoms with van der Waals surface area (Å²) >= 11 is 7.06. The number of aromatic nitrogens is 3. The van der Waals surface area contributed by atoms with Crippen LogP contribution in [-0.2, 0) is 6.42 Å². The molecule has 0 spiro atoms. The highest BCUT2D eigenvalue weighted by Gasteiger charge is 2.37. The molecule has 1 atom stereocenters. The van der Waals surface area contributed by atoms with E-state index in [2.05, 4.69) is 15.0 Å². The summed E-state index contributed by atoms with van der Waals surface area (Å²) in [6, 6.07) is 5.92. The first-order valence-electron chi connectivity index (χ1n) is 8.24. The molecule has 4 aromatic rings. The van der Waals surface area contributed by atoms with Gasteiger partial charge in [-0.05, 0) is 12.1 Å². The molecule has 1 aliphatic heterocycles. The van der Waals surface area contributed by atoms with Crippen molar-refractivity contribution in [1.82, 2.24) is 19.9 Å². The van der Waals surface area contributed by atoms with Crippen molar-refractivity contribution in [2.75, 3.05) is 6.54 Å². The molecule has 0 unspecified atom stereocenters. The monoisotopic (exact) mass is 402 g/mol. The Morgan fingerprint density at radius 1 is 1.41 bits per heavy atom. The molecule has 136 valence electrons. The molecule has 1 aliphatic rings. The number of nitrogens with zero attached hydrogens (tertiary/aromatic N) is 3. The van der Waals surface area contributed by atoms with Gasteiger partial charge in [0.05, 0.1) is 18.2 Å². The Morgan fingerprint density at radius 3 is 3.07 bits per heavy atom. The number of thiazole rings is 1. The molecule has 27 heavy (non-hydrogen) atoms. The van der Waals surface area contributed by atoms with E-state index in [-0.39, 0.29) is 11.5 Å². The molecule has 1 aromatic carbocycles. The lowest BCUT2D eigenvalue weighted by Crippen LogP contribution is -2.40. The number of hydrogen-bond donors (Lipinski definition) is 1. The van der Waals surface area contributed by atoms with E-state index in [1.54, 1.807) is 29.4 Å². The predicted molar refractivity (Wildman–Crippen MR) is 98.5 cm³/mol. The van der Waals surface area contributed by atoms with Gasteiger partial charge in [-0.2, -0.15) is 0 Å². The van der Waals surface area contributed by atoms with E-state index in [9.17, 15) is 9.18 Å². The van der Waals surface area contributed by atoms with Crippen LogP contribution in [0.4, 0.5) is 4.39 Å². The maximum atomic E-state index is 14.1. The van der Waals surface area contributed by atoms with E-state index in [1.165, 1.54) is 12.3 Å². The quantitative estimate of drug-likeness (QED) is 0.545. The number of carbonyl (C=O) groups excluding carboxylic acids is 1. The van der Waals surface area contributed by atoms with E-state index >= 15 is 0 Å². The zero-order valence-electron chi connectivity index (χ0n) is 13.8. The maximum Gasteiger partial charge on any atom is 0.283 e. The maximum absolute atomic E-state index is 14.1. The molecule has 0 radical (unpaired) electrons. The van der Waals surface area contributed by atoms with E-state index in [0.717, 1.165) is 17.0 Å². The molecule has 4 heterocycles. The molecule has 9 heteroatoms. The third kappa shape index (κ3) is 2.64. The average molecular weight is 403 g/mol. The van der Waals surface area contributed by atoms with Crippen LogP contribution in [0.5, 0.6) is 0 Å². The largest absolute Gasteiger partial charge is 0.455 e. The fraction of sp³-hybridized carbons (Fsp3) is 0.167. The fourth-order valence-corrected chi connectivity index (χ4v) is 4.31. The van der Waals surface area contributed by atoms with Gasteiger partial charge in [-0.3, -0.25) is 4.79 Å². The Hall–Kier alpha value is -2.71. The van der Waals surface area contributed by atoms with Crippen molar-refractivity contribution in [3.8, 4) is 0 Å². The number of H-pyrrole nitrogens is 1. The molecule has 0 bridgehead atoms. The number of furan rings is 1. The lowest BCUT2D eigenvalue weighted by molar-refractivity contribution is 0.0672. The number of benzene rings is 1. The lowest BCUT2D eigenvalue weighted by Gasteiger charge is -2.33. The van der Waals surface area contributed by atoms with Gasteiger partial charge in [-0.25, -0.2) is 14.4 Å². The number of hydrogen-bond acceptors (Lipinski definition) is 5. The van der Waals surface area contributed by atoms with Crippen molar-refractivity contribution in [1.29, 1.82) is 0 Å². The van der Waals surface area contributed by atoms with Gasteiger partial charge in [-0.15, -0.1) is 0 Å². The van der Waals surface area contributed by atoms with Gasteiger partial charge < -0.3 is 14.3 Å². The number of nitrogens with one attached hydrogen (secondary N) is 1. The molecule has 1 N–H and O–H groups in total. The molecule has 0 aliphatic carbocycles. The van der Waals surface area contributed by atoms with E-state index in [4.69, 9.17) is 16.0 Å². The van der Waals surface area contributed by atoms with Crippen LogP contribution in [0.1, 0.15) is 33.0 Å². The average Bonchev–Trinajstić information content (AvgIpc) is 3.39. The van der Waals surface area contributed by atoms with Gasteiger partial charge >= 0.3 is 0 Å². The summed E-state index contributed by atoms with van der Waals surface area (Å²) in [6.45, 7) is 0.454. The number of rotatable bonds is 2. The second-order valence-corrected chi connectivity index (χ2v) is 7.86. The van der Waals surface area contributed by atoms with Crippen LogP contribution in [0.3, 0.4) is 0 Å². The van der Waals surface area contributed by atoms with Gasteiger partial charge in [0.15, 0.2) is 16.4 Å². The molecule has 0 saturated heterocycles. The van der Waals surface area contributed by atoms with Crippen LogP contribution in [0.25, 0.3) is 11.0 Å². The number of halogens is 2. The third-order valence-corrected chi connectivity index (χ3v) is 5.73. The third-order valence-electron chi connectivity index (χ3n) is 4.63. The Balaban J connectivity index is 1.64. The highest BCUT2D eigenvalue weighted by molar-refractivity contribution is 7.17. The molecule has 6 nitrogen and oxygen atoms in total. The summed E-state index contributed by atoms with van der Waals surface area (Å²) < 4.78 is 20.4. The van der Waals surface area contributed by atoms with Crippen LogP contribution in [-0.4, -0.2) is 32.3 Å². The first-order chi connectivity index (χ1) is 13.1. The normalized spacial score (nSPS) is 16.7. The number of aromatic amines is 1. The molecule has 0 fully saturated rings. The number of fused-ring (bicyclic) bond motifs is 2. The van der Waals surface area contributed by atoms with Crippen molar-refractivity contribution < 1.29 is 13.6 Å². The first kappa shape index (κ1) is 16.5. The summed E-state index contributed by atoms with van der Waals surface area (Å²) in [5.41, 5.74) is 1.79. The van der Waals surface area contributed by atoms with Crippen molar-refractivity contribution in [3.63, 3.8) is 0 Å². The summed E-state index contributed by atoms with van der Waals surface area (Å²) in [4.78, 5) is 26.3. The second-order valence-electron chi connectivity index (χ2n) is 6.19. The van der Waals surface area contributed by atoms with E-state index in [0.29, 0.717) is 39.1 Å². The lowest BCUT2D eigenvalue weighted by atomic mass is 10.00. The smallest absolute Gasteiger partial charge is 0.283 e. The summed E-state index contributed by atoms with van der Waals surface area (Å²) in [5.74, 6) is -0.243. The number of para-hydroxylation sites is 1. The topological polar surface area (TPSA) is 75.0 Å². The Bertz CT molecular complexity index is 1170. The highest BCUT2D eigenvalue weighted by atomic mass is 35.5. The molecule has 5 rings (SSSR count). The molecule has 3 aromatic heterocycles. The van der Waals surface area contributed by atoms with Gasteiger partial charge in [0.25, 0.3) is 5.91 Å². The minimum absolute atomic E-state index is 0.167. The summed E-state index contributed by atoms with van der Waals surface area (Å²) in [7, 11) is 0. The van der Waals surface area contributed by atoms with Gasteiger partial charge in [0, 0.05) is 24.0 Å². The first-order valence-corrected chi connectivity index (χ1v) is 9.43.